The molecule has 1 aliphatic rings. The van der Waals surface area contributed by atoms with Crippen LogP contribution in [0.1, 0.15) is 18.1 Å². The Kier molecular flexibility index (Phi) is 5.07. The maximum absolute atomic E-state index is 12.5. The van der Waals surface area contributed by atoms with Crippen LogP contribution in [0.4, 0.5) is 5.69 Å². The summed E-state index contributed by atoms with van der Waals surface area (Å²) in [6, 6.07) is 15.4. The van der Waals surface area contributed by atoms with Crippen molar-refractivity contribution in [1.29, 1.82) is 0 Å². The number of hydrogen-bond acceptors (Lipinski definition) is 3. The van der Waals surface area contributed by atoms with Crippen molar-refractivity contribution in [2.75, 3.05) is 7.05 Å². The third kappa shape index (κ3) is 3.55. The average Bonchev–Trinajstić information content (AvgIpc) is 2.85. The van der Waals surface area contributed by atoms with Crippen LogP contribution in [0, 0.1) is 0 Å². The first-order valence-electron chi connectivity index (χ1n) is 7.68. The number of carbonyl (C=O) groups is 1. The molecule has 1 aliphatic heterocycles. The molecule has 1 saturated heterocycles. The predicted octanol–water partition coefficient (Wildman–Crippen LogP) is 5.14. The fourth-order valence-corrected chi connectivity index (χ4v) is 3.49. The summed E-state index contributed by atoms with van der Waals surface area (Å²) in [6.07, 6.45) is 2.77. The first-order valence-corrected chi connectivity index (χ1v) is 8.87. The van der Waals surface area contributed by atoms with Gasteiger partial charge in [-0.05, 0) is 53.6 Å². The number of amidine groups is 1. The highest BCUT2D eigenvalue weighted by Crippen LogP contribution is 2.34. The third-order valence-corrected chi connectivity index (χ3v) is 5.07. The number of rotatable bonds is 3. The van der Waals surface area contributed by atoms with E-state index >= 15 is 0 Å². The zero-order valence-electron chi connectivity index (χ0n) is 13.5. The molecular formula is C19H17ClN2OS. The Morgan fingerprint density at radius 2 is 1.88 bits per heavy atom. The van der Waals surface area contributed by atoms with Crippen LogP contribution < -0.4 is 0 Å². The Morgan fingerprint density at radius 3 is 2.58 bits per heavy atom. The Bertz CT molecular complexity index is 828. The molecule has 0 atom stereocenters. The molecular weight excluding hydrogens is 340 g/mol. The largest absolute Gasteiger partial charge is 0.290 e. The number of aliphatic imine (C=N–C) groups is 1. The van der Waals surface area contributed by atoms with E-state index in [1.165, 1.54) is 17.3 Å². The van der Waals surface area contributed by atoms with Gasteiger partial charge in [-0.15, -0.1) is 0 Å². The zero-order chi connectivity index (χ0) is 17.1. The predicted molar refractivity (Wildman–Crippen MR) is 103 cm³/mol. The molecule has 0 bridgehead atoms. The molecule has 0 N–H and O–H groups in total. The molecule has 0 spiro atoms. The lowest BCUT2D eigenvalue weighted by molar-refractivity contribution is -0.121. The number of likely N-dealkylation sites (N-methyl/N-ethyl adjacent to an activating group) is 1. The van der Waals surface area contributed by atoms with Gasteiger partial charge in [0.05, 0.1) is 10.6 Å². The van der Waals surface area contributed by atoms with Gasteiger partial charge in [0, 0.05) is 12.1 Å². The van der Waals surface area contributed by atoms with Crippen LogP contribution >= 0.6 is 23.4 Å². The second kappa shape index (κ2) is 7.24. The van der Waals surface area contributed by atoms with Crippen molar-refractivity contribution in [3.8, 4) is 0 Å². The van der Waals surface area contributed by atoms with Crippen LogP contribution in [0.2, 0.25) is 5.02 Å². The molecule has 1 heterocycles. The van der Waals surface area contributed by atoms with E-state index < -0.39 is 0 Å². The molecule has 0 saturated carbocycles. The summed E-state index contributed by atoms with van der Waals surface area (Å²) >= 11 is 7.30. The SMILES string of the molecule is CCc1ccccc1N=C1S/C(=C\c2ccc(Cl)cc2)C(=O)N1C. The molecule has 2 aromatic carbocycles. The molecule has 5 heteroatoms. The van der Waals surface area contributed by atoms with E-state index in [0.717, 1.165) is 17.7 Å². The number of para-hydroxylation sites is 1. The molecule has 1 fully saturated rings. The smallest absolute Gasteiger partial charge is 0.266 e. The molecule has 0 unspecified atom stereocenters. The fraction of sp³-hybridized carbons (Fsp3) is 0.158. The van der Waals surface area contributed by atoms with Crippen LogP contribution in [0.25, 0.3) is 6.08 Å². The minimum Gasteiger partial charge on any atom is -0.290 e. The second-order valence-electron chi connectivity index (χ2n) is 5.40. The molecule has 0 aromatic heterocycles. The summed E-state index contributed by atoms with van der Waals surface area (Å²) in [4.78, 5) is 19.4. The van der Waals surface area contributed by atoms with Gasteiger partial charge in [0.2, 0.25) is 0 Å². The number of nitrogens with zero attached hydrogens (tertiary/aromatic N) is 2. The molecule has 24 heavy (non-hydrogen) atoms. The van der Waals surface area contributed by atoms with Gasteiger partial charge < -0.3 is 0 Å². The highest BCUT2D eigenvalue weighted by atomic mass is 35.5. The molecule has 1 amide bonds. The van der Waals surface area contributed by atoms with Crippen molar-refractivity contribution in [1.82, 2.24) is 4.90 Å². The van der Waals surface area contributed by atoms with E-state index in [1.54, 1.807) is 11.9 Å². The van der Waals surface area contributed by atoms with Crippen molar-refractivity contribution in [2.45, 2.75) is 13.3 Å². The Balaban J connectivity index is 1.91. The van der Waals surface area contributed by atoms with Crippen LogP contribution in [0.15, 0.2) is 58.4 Å². The van der Waals surface area contributed by atoms with Crippen molar-refractivity contribution in [2.24, 2.45) is 4.99 Å². The highest BCUT2D eigenvalue weighted by molar-refractivity contribution is 8.18. The van der Waals surface area contributed by atoms with E-state index in [0.29, 0.717) is 15.1 Å². The van der Waals surface area contributed by atoms with Gasteiger partial charge in [0.1, 0.15) is 0 Å². The van der Waals surface area contributed by atoms with Gasteiger partial charge in [-0.25, -0.2) is 4.99 Å². The summed E-state index contributed by atoms with van der Waals surface area (Å²) in [5.74, 6) is -0.0392. The molecule has 0 aliphatic carbocycles. The summed E-state index contributed by atoms with van der Waals surface area (Å²) in [7, 11) is 1.76. The second-order valence-corrected chi connectivity index (χ2v) is 6.85. The first-order chi connectivity index (χ1) is 11.6. The van der Waals surface area contributed by atoms with E-state index in [9.17, 15) is 4.79 Å². The van der Waals surface area contributed by atoms with Crippen LogP contribution in [-0.2, 0) is 11.2 Å². The number of carbonyl (C=O) groups excluding carboxylic acids is 1. The number of halogens is 1. The first kappa shape index (κ1) is 16.8. The third-order valence-electron chi connectivity index (χ3n) is 3.76. The standard InChI is InChI=1S/C19H17ClN2OS/c1-3-14-6-4-5-7-16(14)21-19-22(2)18(23)17(24-19)12-13-8-10-15(20)11-9-13/h4-12H,3H2,1-2H3/b17-12-,21-19?. The van der Waals surface area contributed by atoms with Gasteiger partial charge in [-0.3, -0.25) is 9.69 Å². The van der Waals surface area contributed by atoms with Gasteiger partial charge in [0.15, 0.2) is 5.17 Å². The number of amides is 1. The Morgan fingerprint density at radius 1 is 1.17 bits per heavy atom. The summed E-state index contributed by atoms with van der Waals surface area (Å²) in [5.41, 5.74) is 3.02. The van der Waals surface area contributed by atoms with Crippen molar-refractivity contribution in [3.63, 3.8) is 0 Å². The van der Waals surface area contributed by atoms with E-state index in [1.807, 2.05) is 48.5 Å². The van der Waals surface area contributed by atoms with Crippen molar-refractivity contribution in [3.05, 3.63) is 69.6 Å². The highest BCUT2D eigenvalue weighted by Gasteiger charge is 2.30. The zero-order valence-corrected chi connectivity index (χ0v) is 15.1. The lowest BCUT2D eigenvalue weighted by Crippen LogP contribution is -2.23. The minimum atomic E-state index is -0.0392. The molecule has 3 nitrogen and oxygen atoms in total. The lowest BCUT2D eigenvalue weighted by Gasteiger charge is -2.08. The Labute approximate surface area is 151 Å². The van der Waals surface area contributed by atoms with Gasteiger partial charge >= 0.3 is 0 Å². The maximum Gasteiger partial charge on any atom is 0.266 e. The van der Waals surface area contributed by atoms with Gasteiger partial charge in [-0.1, -0.05) is 48.9 Å². The topological polar surface area (TPSA) is 32.7 Å². The normalized spacial score (nSPS) is 18.0. The average molecular weight is 357 g/mol. The van der Waals surface area contributed by atoms with E-state index in [2.05, 4.69) is 18.0 Å². The summed E-state index contributed by atoms with van der Waals surface area (Å²) in [6.45, 7) is 2.10. The number of aryl methyl sites for hydroxylation is 1. The minimum absolute atomic E-state index is 0.0392. The van der Waals surface area contributed by atoms with E-state index in [4.69, 9.17) is 11.6 Å². The number of hydrogen-bond donors (Lipinski definition) is 0. The van der Waals surface area contributed by atoms with Gasteiger partial charge in [0.25, 0.3) is 5.91 Å². The van der Waals surface area contributed by atoms with E-state index in [-0.39, 0.29) is 5.91 Å². The fourth-order valence-electron chi connectivity index (χ4n) is 2.38. The number of thioether (sulfide) groups is 1. The molecule has 3 rings (SSSR count). The quantitative estimate of drug-likeness (QED) is 0.713. The van der Waals surface area contributed by atoms with Gasteiger partial charge in [-0.2, -0.15) is 0 Å². The molecule has 0 radical (unpaired) electrons. The monoisotopic (exact) mass is 356 g/mol. The van der Waals surface area contributed by atoms with Crippen LogP contribution in [0.5, 0.6) is 0 Å². The van der Waals surface area contributed by atoms with Crippen LogP contribution in [0.3, 0.4) is 0 Å². The number of benzene rings is 2. The summed E-state index contributed by atoms with van der Waals surface area (Å²) in [5, 5.41) is 1.37. The molecule has 2 aromatic rings. The lowest BCUT2D eigenvalue weighted by atomic mass is 10.1. The Hall–Kier alpha value is -2.04. The van der Waals surface area contributed by atoms with Crippen LogP contribution in [-0.4, -0.2) is 23.0 Å². The summed E-state index contributed by atoms with van der Waals surface area (Å²) < 4.78 is 0. The van der Waals surface area contributed by atoms with Crippen molar-refractivity contribution < 1.29 is 4.79 Å². The molecule has 122 valence electrons. The maximum atomic E-state index is 12.5. The van der Waals surface area contributed by atoms with Crippen molar-refractivity contribution >= 4 is 46.2 Å².